The van der Waals surface area contributed by atoms with E-state index < -0.39 is 0 Å². The number of furan rings is 1. The van der Waals surface area contributed by atoms with Crippen LogP contribution in [0.15, 0.2) is 71.1 Å². The predicted octanol–water partition coefficient (Wildman–Crippen LogP) is 5.56. The van der Waals surface area contributed by atoms with Gasteiger partial charge in [-0.3, -0.25) is 0 Å². The zero-order chi connectivity index (χ0) is 15.3. The molecule has 0 fully saturated rings. The van der Waals surface area contributed by atoms with Gasteiger partial charge in [-0.25, -0.2) is 0 Å². The molecule has 4 aromatic rings. The van der Waals surface area contributed by atoms with Crippen LogP contribution in [0.3, 0.4) is 0 Å². The number of benzene rings is 3. The molecule has 1 heterocycles. The second-order valence-corrected chi connectivity index (χ2v) is 4.95. The highest BCUT2D eigenvalue weighted by molar-refractivity contribution is 6.07. The van der Waals surface area contributed by atoms with Gasteiger partial charge in [0.2, 0.25) is 0 Å². The van der Waals surface area contributed by atoms with Crippen molar-refractivity contribution in [1.82, 2.24) is 0 Å². The zero-order valence-electron chi connectivity index (χ0n) is 13.1. The molecular weight excluding hydrogens is 244 g/mol. The first-order valence-electron chi connectivity index (χ1n) is 7.64. The van der Waals surface area contributed by atoms with Gasteiger partial charge in [0.25, 0.3) is 0 Å². The van der Waals surface area contributed by atoms with Gasteiger partial charge < -0.3 is 4.42 Å². The summed E-state index contributed by atoms with van der Waals surface area (Å²) in [4.78, 5) is 0. The molecule has 0 atom stereocenters. The first-order chi connectivity index (χ1) is 10.7. The Kier molecular flexibility index (Phi) is 1.99. The third-order valence-corrected chi connectivity index (χ3v) is 3.57. The van der Waals surface area contributed by atoms with Crippen molar-refractivity contribution in [2.45, 2.75) is 6.92 Å². The van der Waals surface area contributed by atoms with Gasteiger partial charge in [0, 0.05) is 10.8 Å². The quantitative estimate of drug-likeness (QED) is 0.436. The second kappa shape index (κ2) is 4.24. The summed E-state index contributed by atoms with van der Waals surface area (Å²) in [7, 11) is 0. The minimum Gasteiger partial charge on any atom is -0.456 e. The fraction of sp³-hybridized carbons (Fsp3) is 0.0526. The molecule has 0 aliphatic rings. The van der Waals surface area contributed by atoms with E-state index in [1.165, 1.54) is 0 Å². The Hall–Kier alpha value is -2.54. The van der Waals surface area contributed by atoms with Crippen molar-refractivity contribution >= 4 is 21.9 Å². The van der Waals surface area contributed by atoms with Gasteiger partial charge >= 0.3 is 0 Å². The van der Waals surface area contributed by atoms with Crippen LogP contribution in [0.5, 0.6) is 0 Å². The van der Waals surface area contributed by atoms with Gasteiger partial charge in [-0.15, -0.1) is 0 Å². The molecule has 0 saturated carbocycles. The number of aryl methyl sites for hydroxylation is 1. The Morgan fingerprint density at radius 3 is 2.55 bits per heavy atom. The average Bonchev–Trinajstić information content (AvgIpc) is 2.93. The highest BCUT2D eigenvalue weighted by Crippen LogP contribution is 2.34. The van der Waals surface area contributed by atoms with Crippen molar-refractivity contribution in [2.24, 2.45) is 0 Å². The lowest BCUT2D eigenvalue weighted by molar-refractivity contribution is 0.666. The summed E-state index contributed by atoms with van der Waals surface area (Å²) in [5.74, 6) is 0. The Morgan fingerprint density at radius 1 is 0.900 bits per heavy atom. The molecule has 20 heavy (non-hydrogen) atoms. The van der Waals surface area contributed by atoms with Crippen molar-refractivity contribution in [2.75, 3.05) is 0 Å². The smallest absolute Gasteiger partial charge is 0.138 e. The molecular formula is C19H14O. The molecule has 0 aliphatic heterocycles. The van der Waals surface area contributed by atoms with Gasteiger partial charge in [-0.05, 0) is 41.8 Å². The number of hydrogen-bond donors (Lipinski definition) is 0. The van der Waals surface area contributed by atoms with Crippen LogP contribution in [0, 0.1) is 6.92 Å². The molecule has 1 heteroatoms. The normalized spacial score (nSPS) is 12.7. The van der Waals surface area contributed by atoms with Crippen molar-refractivity contribution in [3.8, 4) is 11.1 Å². The van der Waals surface area contributed by atoms with Crippen molar-refractivity contribution in [1.29, 1.82) is 0 Å². The molecule has 0 saturated heterocycles. The maximum Gasteiger partial charge on any atom is 0.138 e. The van der Waals surface area contributed by atoms with Crippen molar-refractivity contribution in [3.63, 3.8) is 0 Å². The molecule has 4 rings (SSSR count). The monoisotopic (exact) mass is 260 g/mol. The van der Waals surface area contributed by atoms with E-state index in [0.717, 1.165) is 27.5 Å². The van der Waals surface area contributed by atoms with Crippen LogP contribution >= 0.6 is 0 Å². The molecule has 1 nitrogen and oxygen atoms in total. The van der Waals surface area contributed by atoms with Gasteiger partial charge in [0.05, 0.1) is 2.74 Å². The molecule has 0 radical (unpaired) electrons. The van der Waals surface area contributed by atoms with Crippen LogP contribution in [0.25, 0.3) is 33.1 Å². The topological polar surface area (TPSA) is 13.1 Å². The van der Waals surface area contributed by atoms with Crippen molar-refractivity contribution in [3.05, 3.63) is 72.2 Å². The fourth-order valence-electron chi connectivity index (χ4n) is 2.60. The number of hydrogen-bond acceptors (Lipinski definition) is 1. The van der Waals surface area contributed by atoms with E-state index in [4.69, 9.17) is 7.16 Å². The van der Waals surface area contributed by atoms with E-state index >= 15 is 0 Å². The maximum atomic E-state index is 8.63. The van der Waals surface area contributed by atoms with Gasteiger partial charge in [0.15, 0.2) is 0 Å². The summed E-state index contributed by atoms with van der Waals surface area (Å²) in [5, 5.41) is 1.46. The lowest BCUT2D eigenvalue weighted by Crippen LogP contribution is -1.80. The minimum absolute atomic E-state index is 0.398. The lowest BCUT2D eigenvalue weighted by Gasteiger charge is -2.04. The number of rotatable bonds is 1. The SMILES string of the molecule is [2H]c1cccc2oc3c(C)cc(-c4ccccc4)c([2H])c3c12. The summed E-state index contributed by atoms with van der Waals surface area (Å²) in [6.07, 6.45) is 0. The Labute approximate surface area is 120 Å². The third-order valence-electron chi connectivity index (χ3n) is 3.57. The predicted molar refractivity (Wildman–Crippen MR) is 83.9 cm³/mol. The first-order valence-corrected chi connectivity index (χ1v) is 6.64. The van der Waals surface area contributed by atoms with E-state index in [1.54, 1.807) is 6.07 Å². The number of fused-ring (bicyclic) bond motifs is 3. The molecule has 1 aromatic heterocycles. The summed E-state index contributed by atoms with van der Waals surface area (Å²) in [6, 6.07) is 18.1. The molecule has 0 spiro atoms. The van der Waals surface area contributed by atoms with Crippen LogP contribution in [-0.4, -0.2) is 0 Å². The second-order valence-electron chi connectivity index (χ2n) is 4.95. The van der Waals surface area contributed by atoms with E-state index in [0.29, 0.717) is 23.3 Å². The van der Waals surface area contributed by atoms with Crippen LogP contribution < -0.4 is 0 Å². The summed E-state index contributed by atoms with van der Waals surface area (Å²) >= 11 is 0. The summed E-state index contributed by atoms with van der Waals surface area (Å²) in [5.41, 5.74) is 4.25. The lowest BCUT2D eigenvalue weighted by atomic mass is 10.00. The summed E-state index contributed by atoms with van der Waals surface area (Å²) < 4.78 is 22.7. The highest BCUT2D eigenvalue weighted by Gasteiger charge is 2.10. The molecule has 0 N–H and O–H groups in total. The van der Waals surface area contributed by atoms with Crippen LogP contribution in [0.4, 0.5) is 0 Å². The fourth-order valence-corrected chi connectivity index (χ4v) is 2.60. The number of para-hydroxylation sites is 1. The van der Waals surface area contributed by atoms with Gasteiger partial charge in [0.1, 0.15) is 11.2 Å². The molecule has 96 valence electrons. The highest BCUT2D eigenvalue weighted by atomic mass is 16.3. The Bertz CT molecular complexity index is 1000. The van der Waals surface area contributed by atoms with E-state index in [-0.39, 0.29) is 0 Å². The Balaban J connectivity index is 2.19. The molecule has 3 aromatic carbocycles. The van der Waals surface area contributed by atoms with E-state index in [2.05, 4.69) is 0 Å². The molecule has 0 aliphatic carbocycles. The van der Waals surface area contributed by atoms with Crippen LogP contribution in [0.2, 0.25) is 0 Å². The first kappa shape index (κ1) is 9.38. The third kappa shape index (κ3) is 1.64. The zero-order valence-corrected chi connectivity index (χ0v) is 11.1. The molecule has 0 amide bonds. The van der Waals surface area contributed by atoms with Gasteiger partial charge in [-0.1, -0.05) is 48.5 Å². The Morgan fingerprint density at radius 2 is 1.70 bits per heavy atom. The van der Waals surface area contributed by atoms with Crippen LogP contribution in [0.1, 0.15) is 8.30 Å². The van der Waals surface area contributed by atoms with Gasteiger partial charge in [-0.2, -0.15) is 0 Å². The molecule has 0 unspecified atom stereocenters. The average molecular weight is 260 g/mol. The van der Waals surface area contributed by atoms with Crippen molar-refractivity contribution < 1.29 is 7.16 Å². The van der Waals surface area contributed by atoms with Crippen LogP contribution in [-0.2, 0) is 0 Å². The molecule has 0 bridgehead atoms. The summed E-state index contributed by atoms with van der Waals surface area (Å²) in [6.45, 7) is 1.99. The standard InChI is InChI=1S/C19H14O/c1-13-11-15(14-7-3-2-4-8-14)12-17-16-9-5-6-10-18(16)20-19(13)17/h2-12H,1H3/i9D,12D. The minimum atomic E-state index is 0.398. The maximum absolute atomic E-state index is 8.63. The van der Waals surface area contributed by atoms with E-state index in [1.807, 2.05) is 55.5 Å². The van der Waals surface area contributed by atoms with E-state index in [9.17, 15) is 0 Å². The largest absolute Gasteiger partial charge is 0.456 e.